The van der Waals surface area contributed by atoms with E-state index in [4.69, 9.17) is 5.73 Å². The van der Waals surface area contributed by atoms with Crippen molar-refractivity contribution in [2.75, 3.05) is 26.0 Å². The van der Waals surface area contributed by atoms with E-state index in [9.17, 15) is 39.6 Å². The number of likely N-dealkylation sites (N-methyl/N-ethyl adjacent to an activating group) is 1. The van der Waals surface area contributed by atoms with Gasteiger partial charge in [-0.3, -0.25) is 24.1 Å². The zero-order chi connectivity index (χ0) is 28.4. The molecule has 12 nitrogen and oxygen atoms in total. The number of nitrogens with one attached hydrogen (secondary N) is 2. The van der Waals surface area contributed by atoms with Gasteiger partial charge in [0, 0.05) is 17.5 Å². The van der Waals surface area contributed by atoms with Gasteiger partial charge in [0.1, 0.15) is 22.8 Å². The van der Waals surface area contributed by atoms with Gasteiger partial charge in [0.2, 0.25) is 11.7 Å². The molecule has 0 radical (unpaired) electrons. The lowest BCUT2D eigenvalue weighted by atomic mass is 9.57. The van der Waals surface area contributed by atoms with Crippen LogP contribution >= 0.6 is 0 Å². The topological polar surface area (TPSA) is 203 Å². The number of rotatable bonds is 6. The van der Waals surface area contributed by atoms with Crippen LogP contribution in [0.5, 0.6) is 5.75 Å². The molecular formula is C27H32N4O8. The number of hydrogen-bond donors (Lipinski definition) is 7. The highest BCUT2D eigenvalue weighted by Gasteiger charge is 2.64. The predicted octanol–water partition coefficient (Wildman–Crippen LogP) is 0.0446. The van der Waals surface area contributed by atoms with Crippen molar-refractivity contribution in [3.63, 3.8) is 0 Å². The van der Waals surface area contributed by atoms with Gasteiger partial charge in [0.15, 0.2) is 11.4 Å². The second kappa shape index (κ2) is 9.38. The third-order valence-corrected chi connectivity index (χ3v) is 8.50. The Morgan fingerprint density at radius 2 is 1.85 bits per heavy atom. The average molecular weight is 541 g/mol. The van der Waals surface area contributed by atoms with Crippen molar-refractivity contribution in [1.29, 1.82) is 0 Å². The zero-order valence-electron chi connectivity index (χ0n) is 21.7. The van der Waals surface area contributed by atoms with Crippen molar-refractivity contribution in [3.05, 3.63) is 40.2 Å². The molecule has 2 amide bonds. The summed E-state index contributed by atoms with van der Waals surface area (Å²) in [5.74, 6) is -7.24. The summed E-state index contributed by atoms with van der Waals surface area (Å²) in [5, 5.41) is 50.5. The summed E-state index contributed by atoms with van der Waals surface area (Å²) in [6.45, 7) is -0.113. The number of carbonyl (C=O) groups is 4. The predicted molar refractivity (Wildman–Crippen MR) is 139 cm³/mol. The lowest BCUT2D eigenvalue weighted by Crippen LogP contribution is -2.65. The van der Waals surface area contributed by atoms with E-state index in [1.54, 1.807) is 26.2 Å². The fourth-order valence-corrected chi connectivity index (χ4v) is 6.37. The number of hydrogen-bond acceptors (Lipinski definition) is 10. The number of anilines is 1. The number of carbonyl (C=O) groups excluding carboxylic acids is 4. The summed E-state index contributed by atoms with van der Waals surface area (Å²) in [7, 11) is 3.10. The lowest BCUT2D eigenvalue weighted by molar-refractivity contribution is -0.153. The van der Waals surface area contributed by atoms with Crippen LogP contribution in [0.25, 0.3) is 5.76 Å². The molecule has 8 N–H and O–H groups in total. The van der Waals surface area contributed by atoms with Crippen LogP contribution in [0.1, 0.15) is 36.8 Å². The molecule has 0 aliphatic heterocycles. The number of primary amides is 1. The number of nitrogens with two attached hydrogens (primary N) is 1. The van der Waals surface area contributed by atoms with Crippen LogP contribution in [0.2, 0.25) is 0 Å². The second-order valence-corrected chi connectivity index (χ2v) is 11.0. The molecule has 0 aromatic heterocycles. The number of aromatic hydroxyl groups is 1. The Labute approximate surface area is 224 Å². The van der Waals surface area contributed by atoms with Crippen LogP contribution in [-0.4, -0.2) is 87.0 Å². The van der Waals surface area contributed by atoms with E-state index in [1.807, 2.05) is 0 Å². The van der Waals surface area contributed by atoms with Gasteiger partial charge in [0.05, 0.1) is 23.8 Å². The normalized spacial score (nSPS) is 28.5. The van der Waals surface area contributed by atoms with Gasteiger partial charge in [-0.1, -0.05) is 6.07 Å². The minimum atomic E-state index is -2.68. The van der Waals surface area contributed by atoms with Crippen molar-refractivity contribution < 1.29 is 39.6 Å². The summed E-state index contributed by atoms with van der Waals surface area (Å²) in [5.41, 5.74) is 2.23. The summed E-state index contributed by atoms with van der Waals surface area (Å²) < 4.78 is 0. The van der Waals surface area contributed by atoms with E-state index in [1.165, 1.54) is 4.90 Å². The van der Waals surface area contributed by atoms with Crippen molar-refractivity contribution in [3.8, 4) is 5.75 Å². The van der Waals surface area contributed by atoms with Gasteiger partial charge in [-0.05, 0) is 63.7 Å². The van der Waals surface area contributed by atoms with Crippen LogP contribution in [0.15, 0.2) is 29.0 Å². The Kier molecular flexibility index (Phi) is 6.42. The monoisotopic (exact) mass is 540 g/mol. The Morgan fingerprint density at radius 1 is 1.15 bits per heavy atom. The first kappa shape index (κ1) is 26.7. The highest BCUT2D eigenvalue weighted by molar-refractivity contribution is 6.24. The molecule has 1 aromatic rings. The molecule has 2 fully saturated rings. The van der Waals surface area contributed by atoms with Crippen LogP contribution in [0, 0.1) is 11.8 Å². The number of fused-ring (bicyclic) bond motifs is 3. The number of aliphatic hydroxyl groups is 3. The maximum Gasteiger partial charge on any atom is 0.255 e. The fraction of sp³-hybridized carbons (Fsp3) is 0.481. The van der Waals surface area contributed by atoms with Gasteiger partial charge >= 0.3 is 0 Å². The number of benzene rings is 1. The van der Waals surface area contributed by atoms with Crippen LogP contribution in [0.3, 0.4) is 0 Å². The maximum absolute atomic E-state index is 13.8. The lowest BCUT2D eigenvalue weighted by Gasteiger charge is -2.50. The SMILES string of the molecule is CN(C)[C@@H]1C(=O)C(C(N)=O)=C(O)[C@]2(O)C(=O)C3=C(O)c4c(ccc(NCC(=O)NC5CCC5)c4O)C[C@@H]3C[C@H]12. The number of phenols is 1. The quantitative estimate of drug-likeness (QED) is 0.191. The third kappa shape index (κ3) is 3.97. The van der Waals surface area contributed by atoms with E-state index in [2.05, 4.69) is 10.6 Å². The summed E-state index contributed by atoms with van der Waals surface area (Å²) >= 11 is 0. The Bertz CT molecular complexity index is 1360. The summed E-state index contributed by atoms with van der Waals surface area (Å²) in [4.78, 5) is 52.7. The minimum absolute atomic E-state index is 0.0217. The fourth-order valence-electron chi connectivity index (χ4n) is 6.37. The van der Waals surface area contributed by atoms with Gasteiger partial charge in [0.25, 0.3) is 5.91 Å². The van der Waals surface area contributed by atoms with E-state index in [0.29, 0.717) is 5.56 Å². The van der Waals surface area contributed by atoms with Gasteiger partial charge in [-0.25, -0.2) is 0 Å². The van der Waals surface area contributed by atoms with Gasteiger partial charge < -0.3 is 36.8 Å². The van der Waals surface area contributed by atoms with E-state index >= 15 is 0 Å². The van der Waals surface area contributed by atoms with E-state index in [-0.39, 0.29) is 53.9 Å². The van der Waals surface area contributed by atoms with Crippen LogP contribution in [-0.2, 0) is 25.6 Å². The number of amides is 2. The summed E-state index contributed by atoms with van der Waals surface area (Å²) in [6, 6.07) is 2.26. The Balaban J connectivity index is 1.53. The maximum atomic E-state index is 13.8. The average Bonchev–Trinajstić information content (AvgIpc) is 2.82. The highest BCUT2D eigenvalue weighted by Crippen LogP contribution is 2.53. The molecule has 5 rings (SSSR count). The number of ketones is 2. The third-order valence-electron chi connectivity index (χ3n) is 8.50. The first-order valence-corrected chi connectivity index (χ1v) is 12.9. The zero-order valence-corrected chi connectivity index (χ0v) is 21.7. The molecule has 0 saturated heterocycles. The molecule has 4 aliphatic rings. The molecule has 39 heavy (non-hydrogen) atoms. The smallest absolute Gasteiger partial charge is 0.255 e. The Hall–Kier alpha value is -3.90. The van der Waals surface area contributed by atoms with Gasteiger partial charge in [-0.2, -0.15) is 0 Å². The molecule has 4 atom stereocenters. The molecule has 208 valence electrons. The number of Topliss-reactive ketones (excluding diaryl/α,β-unsaturated/α-hetero) is 2. The minimum Gasteiger partial charge on any atom is -0.508 e. The largest absolute Gasteiger partial charge is 0.508 e. The Morgan fingerprint density at radius 3 is 2.44 bits per heavy atom. The molecule has 0 spiro atoms. The molecular weight excluding hydrogens is 508 g/mol. The molecule has 1 aromatic carbocycles. The highest BCUT2D eigenvalue weighted by atomic mass is 16.3. The van der Waals surface area contributed by atoms with Gasteiger partial charge in [-0.15, -0.1) is 0 Å². The molecule has 0 bridgehead atoms. The van der Waals surface area contributed by atoms with E-state index in [0.717, 1.165) is 19.3 Å². The molecule has 0 heterocycles. The van der Waals surface area contributed by atoms with Crippen LogP contribution < -0.4 is 16.4 Å². The molecule has 12 heteroatoms. The van der Waals surface area contributed by atoms with E-state index < -0.39 is 58.0 Å². The number of phenolic OH excluding ortho intramolecular Hbond substituents is 1. The van der Waals surface area contributed by atoms with Crippen molar-refractivity contribution in [2.24, 2.45) is 17.6 Å². The molecule has 0 unspecified atom stereocenters. The van der Waals surface area contributed by atoms with Crippen molar-refractivity contribution >= 4 is 34.8 Å². The standard InChI is InChI=1S/C27H32N4O8/c1-31(2)20-14-9-12-8-11-6-7-15(29-10-16(32)30-13-4-3-5-13)21(33)17(11)22(34)18(12)24(36)27(14,39)25(37)19(23(20)35)26(28)38/h6-7,12-14,20,29,33-34,37,39H,3-5,8-10H2,1-2H3,(H2,28,38)(H,30,32)/t12-,14-,20+,27-/m1/s1. The molecule has 2 saturated carbocycles. The first-order chi connectivity index (χ1) is 18.4. The van der Waals surface area contributed by atoms with Crippen LogP contribution in [0.4, 0.5) is 5.69 Å². The van der Waals surface area contributed by atoms with Crippen molar-refractivity contribution in [1.82, 2.24) is 10.2 Å². The number of nitrogens with zero attached hydrogens (tertiary/aromatic N) is 1. The first-order valence-electron chi connectivity index (χ1n) is 12.9. The molecule has 4 aliphatic carbocycles. The number of aliphatic hydroxyl groups excluding tert-OH is 2. The second-order valence-electron chi connectivity index (χ2n) is 11.0. The summed E-state index contributed by atoms with van der Waals surface area (Å²) in [6.07, 6.45) is 3.14. The van der Waals surface area contributed by atoms with Crippen molar-refractivity contribution in [2.45, 2.75) is 49.8 Å².